The second-order valence-electron chi connectivity index (χ2n) is 4.69. The van der Waals surface area contributed by atoms with Gasteiger partial charge in [0.25, 0.3) is 0 Å². The first-order valence-corrected chi connectivity index (χ1v) is 9.56. The molecule has 1 aromatic carbocycles. The molecule has 3 N–H and O–H groups in total. The van der Waals surface area contributed by atoms with Crippen LogP contribution in [0.1, 0.15) is 6.92 Å². The first kappa shape index (κ1) is 17.9. The molecule has 2 rings (SSSR count). The summed E-state index contributed by atoms with van der Waals surface area (Å²) >= 11 is 1.18. The topological polar surface area (TPSA) is 126 Å². The number of fused-ring (bicyclic) bond motifs is 1. The molecule has 11 heteroatoms. The van der Waals surface area contributed by atoms with Crippen LogP contribution in [0.2, 0.25) is 0 Å². The fourth-order valence-electron chi connectivity index (χ4n) is 1.75. The molecular weight excluding hydrogens is 356 g/mol. The van der Waals surface area contributed by atoms with Crippen LogP contribution >= 0.6 is 11.3 Å². The number of benzene rings is 1. The lowest BCUT2D eigenvalue weighted by molar-refractivity contribution is -0.141. The van der Waals surface area contributed by atoms with Gasteiger partial charge in [-0.3, -0.25) is 9.52 Å². The van der Waals surface area contributed by atoms with Crippen LogP contribution in [0.5, 0.6) is 0 Å². The van der Waals surface area contributed by atoms with Crippen LogP contribution in [0.3, 0.4) is 0 Å². The molecule has 1 heterocycles. The lowest BCUT2D eigenvalue weighted by Gasteiger charge is -2.07. The average molecular weight is 372 g/mol. The Balaban J connectivity index is 2.02. The summed E-state index contributed by atoms with van der Waals surface area (Å²) in [6.45, 7) is 1.68. The molecule has 0 spiro atoms. The van der Waals surface area contributed by atoms with Crippen LogP contribution in [0, 0.1) is 0 Å². The van der Waals surface area contributed by atoms with E-state index in [-0.39, 0.29) is 18.3 Å². The number of amides is 2. The lowest BCUT2D eigenvalue weighted by Crippen LogP contribution is -2.34. The molecule has 0 unspecified atom stereocenters. The maximum Gasteiger partial charge on any atom is 0.325 e. The minimum atomic E-state index is -3.40. The van der Waals surface area contributed by atoms with Gasteiger partial charge in [0.2, 0.25) is 10.0 Å². The lowest BCUT2D eigenvalue weighted by atomic mass is 10.3. The number of sulfonamides is 1. The second kappa shape index (κ2) is 7.45. The van der Waals surface area contributed by atoms with Crippen molar-refractivity contribution < 1.29 is 22.7 Å². The molecule has 1 aromatic heterocycles. The Morgan fingerprint density at radius 1 is 1.33 bits per heavy atom. The third-order valence-corrected chi connectivity index (χ3v) is 4.26. The second-order valence-corrected chi connectivity index (χ2v) is 7.47. The number of rotatable bonds is 6. The molecular formula is C13H16N4O5S2. The zero-order chi connectivity index (χ0) is 17.7. The molecule has 0 saturated carbocycles. The predicted octanol–water partition coefficient (Wildman–Crippen LogP) is 1.35. The number of hydrogen-bond donors (Lipinski definition) is 3. The Morgan fingerprint density at radius 3 is 2.75 bits per heavy atom. The predicted molar refractivity (Wildman–Crippen MR) is 91.7 cm³/mol. The Morgan fingerprint density at radius 2 is 2.08 bits per heavy atom. The highest BCUT2D eigenvalue weighted by molar-refractivity contribution is 7.92. The normalized spacial score (nSPS) is 11.1. The standard InChI is InChI=1S/C13H16N4O5S2/c1-3-22-11(18)7-14-12(19)15-8-4-5-10-9(6-8)16-13(23-10)17-24(2,20)21/h4-6H,3,7H2,1-2H3,(H,16,17)(H2,14,15,19). The van der Waals surface area contributed by atoms with Gasteiger partial charge in [0.05, 0.1) is 23.1 Å². The number of carbonyl (C=O) groups excluding carboxylic acids is 2. The molecule has 2 amide bonds. The molecule has 0 fully saturated rings. The van der Waals surface area contributed by atoms with E-state index in [0.717, 1.165) is 11.0 Å². The van der Waals surface area contributed by atoms with Gasteiger partial charge in [0.1, 0.15) is 6.54 Å². The fourth-order valence-corrected chi connectivity index (χ4v) is 3.43. The highest BCUT2D eigenvalue weighted by Crippen LogP contribution is 2.28. The van der Waals surface area contributed by atoms with Crippen molar-refractivity contribution in [2.24, 2.45) is 0 Å². The van der Waals surface area contributed by atoms with Gasteiger partial charge in [-0.25, -0.2) is 18.2 Å². The highest BCUT2D eigenvalue weighted by Gasteiger charge is 2.10. The SMILES string of the molecule is CCOC(=O)CNC(=O)Nc1ccc2sc(NS(C)(=O)=O)nc2c1. The Bertz CT molecular complexity index is 862. The van der Waals surface area contributed by atoms with E-state index in [1.165, 1.54) is 11.3 Å². The molecule has 130 valence electrons. The Labute approximate surface area is 142 Å². The summed E-state index contributed by atoms with van der Waals surface area (Å²) in [4.78, 5) is 27.0. The average Bonchev–Trinajstić information content (AvgIpc) is 2.84. The number of carbonyl (C=O) groups is 2. The van der Waals surface area contributed by atoms with Crippen LogP contribution in [0.15, 0.2) is 18.2 Å². The summed E-state index contributed by atoms with van der Waals surface area (Å²) in [6, 6.07) is 4.39. The van der Waals surface area contributed by atoms with E-state index in [0.29, 0.717) is 11.2 Å². The molecule has 9 nitrogen and oxygen atoms in total. The summed E-state index contributed by atoms with van der Waals surface area (Å²) in [5.41, 5.74) is 0.995. The maximum absolute atomic E-state index is 11.7. The number of esters is 1. The number of urea groups is 1. The van der Waals surface area contributed by atoms with Crippen LogP contribution in [0.4, 0.5) is 15.6 Å². The number of thiazole rings is 1. The van der Waals surface area contributed by atoms with Gasteiger partial charge in [0.15, 0.2) is 5.13 Å². The Kier molecular flexibility index (Phi) is 5.57. The van der Waals surface area contributed by atoms with Crippen LogP contribution in [-0.4, -0.2) is 44.8 Å². The number of ether oxygens (including phenoxy) is 1. The number of hydrogen-bond acceptors (Lipinski definition) is 7. The van der Waals surface area contributed by atoms with E-state index in [2.05, 4.69) is 20.3 Å². The number of anilines is 2. The van der Waals surface area contributed by atoms with Gasteiger partial charge in [0, 0.05) is 5.69 Å². The van der Waals surface area contributed by atoms with Crippen molar-refractivity contribution in [3.05, 3.63) is 18.2 Å². The summed E-state index contributed by atoms with van der Waals surface area (Å²) in [6.07, 6.45) is 1.04. The van der Waals surface area contributed by atoms with Crippen molar-refractivity contribution in [1.29, 1.82) is 0 Å². The molecule has 24 heavy (non-hydrogen) atoms. The van der Waals surface area contributed by atoms with Crippen molar-refractivity contribution in [1.82, 2.24) is 10.3 Å². The zero-order valence-corrected chi connectivity index (χ0v) is 14.6. The molecule has 0 bridgehead atoms. The minimum absolute atomic E-state index is 0.235. The molecule has 0 radical (unpaired) electrons. The summed E-state index contributed by atoms with van der Waals surface area (Å²) in [7, 11) is -3.40. The highest BCUT2D eigenvalue weighted by atomic mass is 32.2. The summed E-state index contributed by atoms with van der Waals surface area (Å²) in [5, 5.41) is 5.17. The van der Waals surface area contributed by atoms with E-state index in [1.54, 1.807) is 25.1 Å². The van der Waals surface area contributed by atoms with Crippen molar-refractivity contribution in [3.8, 4) is 0 Å². The molecule has 0 aliphatic rings. The molecule has 0 aliphatic heterocycles. The van der Waals surface area contributed by atoms with Gasteiger partial charge >= 0.3 is 12.0 Å². The van der Waals surface area contributed by atoms with Crippen molar-refractivity contribution in [2.45, 2.75) is 6.92 Å². The maximum atomic E-state index is 11.7. The summed E-state index contributed by atoms with van der Waals surface area (Å²) < 4.78 is 30.2. The first-order chi connectivity index (χ1) is 11.3. The molecule has 0 atom stereocenters. The van der Waals surface area contributed by atoms with Gasteiger partial charge in [-0.2, -0.15) is 0 Å². The zero-order valence-electron chi connectivity index (χ0n) is 13.0. The van der Waals surface area contributed by atoms with Crippen molar-refractivity contribution >= 4 is 54.4 Å². The number of nitrogens with one attached hydrogen (secondary N) is 3. The van der Waals surface area contributed by atoms with E-state index < -0.39 is 22.0 Å². The van der Waals surface area contributed by atoms with Gasteiger partial charge in [-0.05, 0) is 25.1 Å². The molecule has 0 aliphatic carbocycles. The number of aromatic nitrogens is 1. The van der Waals surface area contributed by atoms with E-state index in [1.807, 2.05) is 0 Å². The molecule has 0 saturated heterocycles. The fraction of sp³-hybridized carbons (Fsp3) is 0.308. The summed E-state index contributed by atoms with van der Waals surface area (Å²) in [5.74, 6) is -0.529. The van der Waals surface area contributed by atoms with E-state index in [4.69, 9.17) is 4.74 Å². The van der Waals surface area contributed by atoms with Crippen molar-refractivity contribution in [2.75, 3.05) is 29.4 Å². The Hall–Kier alpha value is -2.40. The quantitative estimate of drug-likeness (QED) is 0.657. The minimum Gasteiger partial charge on any atom is -0.465 e. The largest absolute Gasteiger partial charge is 0.465 e. The van der Waals surface area contributed by atoms with E-state index in [9.17, 15) is 18.0 Å². The van der Waals surface area contributed by atoms with Gasteiger partial charge in [-0.1, -0.05) is 11.3 Å². The molecule has 2 aromatic rings. The third-order valence-electron chi connectivity index (χ3n) is 2.62. The van der Waals surface area contributed by atoms with Gasteiger partial charge in [-0.15, -0.1) is 0 Å². The smallest absolute Gasteiger partial charge is 0.325 e. The van der Waals surface area contributed by atoms with Crippen LogP contribution < -0.4 is 15.4 Å². The van der Waals surface area contributed by atoms with Crippen LogP contribution in [-0.2, 0) is 19.6 Å². The number of nitrogens with zero attached hydrogens (tertiary/aromatic N) is 1. The third kappa shape index (κ3) is 5.35. The first-order valence-electron chi connectivity index (χ1n) is 6.85. The van der Waals surface area contributed by atoms with Crippen molar-refractivity contribution in [3.63, 3.8) is 0 Å². The van der Waals surface area contributed by atoms with Gasteiger partial charge < -0.3 is 15.4 Å². The van der Waals surface area contributed by atoms with Crippen LogP contribution in [0.25, 0.3) is 10.2 Å². The van der Waals surface area contributed by atoms with E-state index >= 15 is 0 Å². The monoisotopic (exact) mass is 372 g/mol.